The minimum Gasteiger partial charge on any atom is -0.507 e. The zero-order chi connectivity index (χ0) is 17.7. The van der Waals surface area contributed by atoms with Gasteiger partial charge in [0, 0.05) is 26.1 Å². The monoisotopic (exact) mass is 342 g/mol. The summed E-state index contributed by atoms with van der Waals surface area (Å²) in [4.78, 5) is 24.2. The highest BCUT2D eigenvalue weighted by Crippen LogP contribution is 2.26. The molecule has 0 saturated carbocycles. The molecular formula is C19H22O4Si. The SMILES string of the molecule is C[Si](C)(C)CCC(=O)Oc1ccc(C(=O)c2ccccc2)c(O)c1. The van der Waals surface area contributed by atoms with E-state index in [1.165, 1.54) is 18.2 Å². The molecule has 2 aromatic carbocycles. The fourth-order valence-electron chi connectivity index (χ4n) is 2.17. The van der Waals surface area contributed by atoms with Crippen LogP contribution >= 0.6 is 0 Å². The maximum absolute atomic E-state index is 12.4. The van der Waals surface area contributed by atoms with Gasteiger partial charge in [0.1, 0.15) is 11.5 Å². The van der Waals surface area contributed by atoms with Crippen molar-refractivity contribution in [3.8, 4) is 11.5 Å². The van der Waals surface area contributed by atoms with E-state index in [1.807, 2.05) is 6.07 Å². The summed E-state index contributed by atoms with van der Waals surface area (Å²) in [5, 5.41) is 10.1. The Balaban J connectivity index is 2.07. The minimum absolute atomic E-state index is 0.183. The van der Waals surface area contributed by atoms with Gasteiger partial charge in [0.05, 0.1) is 5.56 Å². The van der Waals surface area contributed by atoms with Gasteiger partial charge in [-0.15, -0.1) is 0 Å². The zero-order valence-corrected chi connectivity index (χ0v) is 15.2. The number of aromatic hydroxyl groups is 1. The molecule has 2 rings (SSSR count). The van der Waals surface area contributed by atoms with Crippen LogP contribution in [0, 0.1) is 0 Å². The molecule has 0 radical (unpaired) electrons. The molecule has 2 aromatic rings. The number of ketones is 1. The van der Waals surface area contributed by atoms with Crippen molar-refractivity contribution in [1.29, 1.82) is 0 Å². The summed E-state index contributed by atoms with van der Waals surface area (Å²) in [6.45, 7) is 6.57. The van der Waals surface area contributed by atoms with E-state index in [0.29, 0.717) is 12.0 Å². The Kier molecular flexibility index (Phi) is 5.57. The fourth-order valence-corrected chi connectivity index (χ4v) is 3.13. The van der Waals surface area contributed by atoms with E-state index < -0.39 is 8.07 Å². The molecule has 0 spiro atoms. The number of hydrogen-bond acceptors (Lipinski definition) is 4. The van der Waals surface area contributed by atoms with Gasteiger partial charge in [-0.3, -0.25) is 9.59 Å². The molecule has 0 unspecified atom stereocenters. The minimum atomic E-state index is -1.30. The molecule has 4 nitrogen and oxygen atoms in total. The molecule has 0 aliphatic heterocycles. The molecule has 0 heterocycles. The number of ether oxygens (including phenoxy) is 1. The lowest BCUT2D eigenvalue weighted by atomic mass is 10.0. The van der Waals surface area contributed by atoms with Crippen LogP contribution in [0.5, 0.6) is 11.5 Å². The van der Waals surface area contributed by atoms with Gasteiger partial charge in [-0.25, -0.2) is 0 Å². The van der Waals surface area contributed by atoms with Crippen LogP contribution in [-0.2, 0) is 4.79 Å². The van der Waals surface area contributed by atoms with Crippen molar-refractivity contribution < 1.29 is 19.4 Å². The molecule has 0 atom stereocenters. The van der Waals surface area contributed by atoms with Crippen molar-refractivity contribution in [2.45, 2.75) is 32.1 Å². The fraction of sp³-hybridized carbons (Fsp3) is 0.263. The van der Waals surface area contributed by atoms with E-state index in [9.17, 15) is 14.7 Å². The molecule has 0 fully saturated rings. The van der Waals surface area contributed by atoms with Gasteiger partial charge in [-0.1, -0.05) is 50.0 Å². The molecule has 0 amide bonds. The van der Waals surface area contributed by atoms with E-state index in [4.69, 9.17) is 4.74 Å². The second-order valence-electron chi connectivity index (χ2n) is 6.91. The Morgan fingerprint density at radius 1 is 1.04 bits per heavy atom. The third-order valence-corrected chi connectivity index (χ3v) is 5.31. The maximum Gasteiger partial charge on any atom is 0.310 e. The van der Waals surface area contributed by atoms with Gasteiger partial charge in [0.15, 0.2) is 5.78 Å². The van der Waals surface area contributed by atoms with Crippen LogP contribution in [0.15, 0.2) is 48.5 Å². The van der Waals surface area contributed by atoms with E-state index >= 15 is 0 Å². The third-order valence-electron chi connectivity index (χ3n) is 3.56. The first-order valence-electron chi connectivity index (χ1n) is 7.90. The number of hydrogen-bond donors (Lipinski definition) is 1. The van der Waals surface area contributed by atoms with E-state index in [1.54, 1.807) is 24.3 Å². The highest BCUT2D eigenvalue weighted by Gasteiger charge is 2.18. The summed E-state index contributed by atoms with van der Waals surface area (Å²) in [5.74, 6) is -0.541. The molecule has 0 aromatic heterocycles. The standard InChI is InChI=1S/C19H22O4Si/c1-24(2,3)12-11-18(21)23-15-9-10-16(17(20)13-15)19(22)14-7-5-4-6-8-14/h4-10,13,20H,11-12H2,1-3H3. The highest BCUT2D eigenvalue weighted by molar-refractivity contribution is 6.76. The van der Waals surface area contributed by atoms with Crippen LogP contribution in [0.25, 0.3) is 0 Å². The molecule has 0 aliphatic rings. The number of phenols is 1. The Morgan fingerprint density at radius 3 is 2.29 bits per heavy atom. The second-order valence-corrected chi connectivity index (χ2v) is 12.5. The molecule has 24 heavy (non-hydrogen) atoms. The quantitative estimate of drug-likeness (QED) is 0.369. The molecule has 0 aliphatic carbocycles. The van der Waals surface area contributed by atoms with Crippen LogP contribution in [0.4, 0.5) is 0 Å². The molecule has 1 N–H and O–H groups in total. The normalized spacial score (nSPS) is 11.1. The Bertz CT molecular complexity index is 733. The van der Waals surface area contributed by atoms with Crippen LogP contribution in [0.3, 0.4) is 0 Å². The third kappa shape index (κ3) is 5.06. The summed E-state index contributed by atoms with van der Waals surface area (Å²) in [7, 11) is -1.30. The average molecular weight is 342 g/mol. The number of esters is 1. The van der Waals surface area contributed by atoms with Crippen LogP contribution < -0.4 is 4.74 Å². The van der Waals surface area contributed by atoms with E-state index in [0.717, 1.165) is 6.04 Å². The predicted molar refractivity (Wildman–Crippen MR) is 96.4 cm³/mol. The van der Waals surface area contributed by atoms with Crippen molar-refractivity contribution >= 4 is 19.8 Å². The van der Waals surface area contributed by atoms with Crippen LogP contribution in [0.1, 0.15) is 22.3 Å². The largest absolute Gasteiger partial charge is 0.507 e. The number of benzene rings is 2. The number of carbonyl (C=O) groups is 2. The summed E-state index contributed by atoms with van der Waals surface area (Å²) >= 11 is 0. The summed E-state index contributed by atoms with van der Waals surface area (Å²) in [5.41, 5.74) is 0.677. The Morgan fingerprint density at radius 2 is 1.71 bits per heavy atom. The summed E-state index contributed by atoms with van der Waals surface area (Å²) in [6.07, 6.45) is 0.362. The van der Waals surface area contributed by atoms with Crippen molar-refractivity contribution in [2.75, 3.05) is 0 Å². The number of rotatable bonds is 6. The van der Waals surface area contributed by atoms with E-state index in [2.05, 4.69) is 19.6 Å². The lowest BCUT2D eigenvalue weighted by Crippen LogP contribution is -2.22. The number of carbonyl (C=O) groups excluding carboxylic acids is 2. The average Bonchev–Trinajstić information content (AvgIpc) is 2.53. The van der Waals surface area contributed by atoms with Gasteiger partial charge >= 0.3 is 5.97 Å². The zero-order valence-electron chi connectivity index (χ0n) is 14.2. The predicted octanol–water partition coefficient (Wildman–Crippen LogP) is 4.26. The maximum atomic E-state index is 12.4. The smallest absolute Gasteiger partial charge is 0.310 e. The van der Waals surface area contributed by atoms with Gasteiger partial charge in [-0.2, -0.15) is 0 Å². The molecule has 0 bridgehead atoms. The summed E-state index contributed by atoms with van der Waals surface area (Å²) < 4.78 is 5.24. The first-order chi connectivity index (χ1) is 11.3. The van der Waals surface area contributed by atoms with Gasteiger partial charge in [0.25, 0.3) is 0 Å². The topological polar surface area (TPSA) is 63.6 Å². The lowest BCUT2D eigenvalue weighted by Gasteiger charge is -2.14. The lowest BCUT2D eigenvalue weighted by molar-refractivity contribution is -0.134. The number of phenolic OH excluding ortho intramolecular Hbond substituents is 1. The summed E-state index contributed by atoms with van der Waals surface area (Å²) in [6, 6.07) is 13.9. The first-order valence-corrected chi connectivity index (χ1v) is 11.6. The van der Waals surface area contributed by atoms with E-state index in [-0.39, 0.29) is 28.8 Å². The molecule has 5 heteroatoms. The molecule has 126 valence electrons. The van der Waals surface area contributed by atoms with Crippen molar-refractivity contribution in [3.05, 3.63) is 59.7 Å². The first kappa shape index (κ1) is 17.9. The van der Waals surface area contributed by atoms with Crippen molar-refractivity contribution in [1.82, 2.24) is 0 Å². The van der Waals surface area contributed by atoms with Crippen molar-refractivity contribution in [2.24, 2.45) is 0 Å². The molecular weight excluding hydrogens is 320 g/mol. The molecule has 0 saturated heterocycles. The second kappa shape index (κ2) is 7.44. The van der Waals surface area contributed by atoms with Gasteiger partial charge in [-0.05, 0) is 18.2 Å². The van der Waals surface area contributed by atoms with Gasteiger partial charge in [0.2, 0.25) is 0 Å². The van der Waals surface area contributed by atoms with Crippen molar-refractivity contribution in [3.63, 3.8) is 0 Å². The van der Waals surface area contributed by atoms with Gasteiger partial charge < -0.3 is 9.84 Å². The Hall–Kier alpha value is -2.40. The van der Waals surface area contributed by atoms with Crippen LogP contribution in [-0.4, -0.2) is 24.9 Å². The highest BCUT2D eigenvalue weighted by atomic mass is 28.3. The Labute approximate surface area is 143 Å². The van der Waals surface area contributed by atoms with Crippen LogP contribution in [0.2, 0.25) is 25.7 Å².